The summed E-state index contributed by atoms with van der Waals surface area (Å²) in [7, 11) is 1.64. The van der Waals surface area contributed by atoms with Crippen LogP contribution in [0.2, 0.25) is 0 Å². The number of nitrogens with one attached hydrogen (secondary N) is 2. The first kappa shape index (κ1) is 12.3. The molecule has 0 saturated carbocycles. The van der Waals surface area contributed by atoms with Crippen LogP contribution in [0.5, 0.6) is 0 Å². The summed E-state index contributed by atoms with van der Waals surface area (Å²) in [6.07, 6.45) is 4.21. The molecule has 0 bridgehead atoms. The standard InChI is InChI=1S/C10H15N3O/c1-4-8(7-14)6-10(13-12-3)9(11)5-2/h4,6-7,11-12H,1,5H2,2-3H3/b8-6+,11-9?,13-10-. The maximum absolute atomic E-state index is 10.5. The minimum absolute atomic E-state index is 0.376. The number of nitrogens with zero attached hydrogens (tertiary/aromatic N) is 1. The molecular weight excluding hydrogens is 178 g/mol. The fraction of sp³-hybridized carbons (Fsp3) is 0.300. The fourth-order valence-corrected chi connectivity index (χ4v) is 0.787. The largest absolute Gasteiger partial charge is 0.313 e. The lowest BCUT2D eigenvalue weighted by molar-refractivity contribution is -0.104. The Kier molecular flexibility index (Phi) is 5.94. The zero-order chi connectivity index (χ0) is 11.0. The monoisotopic (exact) mass is 193 g/mol. The second kappa shape index (κ2) is 6.77. The summed E-state index contributed by atoms with van der Waals surface area (Å²) >= 11 is 0. The minimum Gasteiger partial charge on any atom is -0.313 e. The summed E-state index contributed by atoms with van der Waals surface area (Å²) in [5.74, 6) is 0. The van der Waals surface area contributed by atoms with Crippen LogP contribution in [-0.2, 0) is 4.79 Å². The molecule has 0 aliphatic rings. The van der Waals surface area contributed by atoms with Crippen molar-refractivity contribution in [3.63, 3.8) is 0 Å². The number of hydrazone groups is 1. The van der Waals surface area contributed by atoms with Crippen molar-refractivity contribution in [3.8, 4) is 0 Å². The summed E-state index contributed by atoms with van der Waals surface area (Å²) in [6.45, 7) is 5.34. The lowest BCUT2D eigenvalue weighted by Gasteiger charge is -2.01. The van der Waals surface area contributed by atoms with Gasteiger partial charge in [0.25, 0.3) is 0 Å². The molecule has 0 aromatic heterocycles. The number of aldehydes is 1. The van der Waals surface area contributed by atoms with Crippen molar-refractivity contribution in [2.24, 2.45) is 5.10 Å². The molecule has 2 N–H and O–H groups in total. The molecule has 0 spiro atoms. The molecule has 0 unspecified atom stereocenters. The van der Waals surface area contributed by atoms with Crippen LogP contribution in [-0.4, -0.2) is 24.8 Å². The van der Waals surface area contributed by atoms with Crippen LogP contribution in [0, 0.1) is 5.41 Å². The first-order chi connectivity index (χ1) is 6.69. The smallest absolute Gasteiger partial charge is 0.150 e. The van der Waals surface area contributed by atoms with Crippen LogP contribution in [0.25, 0.3) is 0 Å². The molecule has 0 rings (SSSR count). The summed E-state index contributed by atoms with van der Waals surface area (Å²) in [5.41, 5.74) is 3.83. The molecule has 0 heterocycles. The van der Waals surface area contributed by atoms with Crippen molar-refractivity contribution < 1.29 is 4.79 Å². The van der Waals surface area contributed by atoms with Gasteiger partial charge in [0.15, 0.2) is 0 Å². The first-order valence-electron chi connectivity index (χ1n) is 4.31. The van der Waals surface area contributed by atoms with E-state index in [-0.39, 0.29) is 0 Å². The third kappa shape index (κ3) is 3.80. The van der Waals surface area contributed by atoms with E-state index >= 15 is 0 Å². The maximum Gasteiger partial charge on any atom is 0.150 e. The van der Waals surface area contributed by atoms with Gasteiger partial charge in [-0.25, -0.2) is 0 Å². The van der Waals surface area contributed by atoms with Gasteiger partial charge in [-0.2, -0.15) is 5.10 Å². The lowest BCUT2D eigenvalue weighted by Crippen LogP contribution is -2.14. The second-order valence-electron chi connectivity index (χ2n) is 2.52. The number of hydrogen-bond donors (Lipinski definition) is 2. The van der Waals surface area contributed by atoms with Gasteiger partial charge >= 0.3 is 0 Å². The second-order valence-corrected chi connectivity index (χ2v) is 2.52. The molecule has 0 amide bonds. The number of allylic oxidation sites excluding steroid dienone is 3. The number of hydrogen-bond acceptors (Lipinski definition) is 4. The molecule has 76 valence electrons. The average Bonchev–Trinajstić information content (AvgIpc) is 2.23. The van der Waals surface area contributed by atoms with Gasteiger partial charge in [0, 0.05) is 12.6 Å². The van der Waals surface area contributed by atoms with Gasteiger partial charge in [-0.1, -0.05) is 19.6 Å². The predicted octanol–water partition coefficient (Wildman–Crippen LogP) is 1.30. The first-order valence-corrected chi connectivity index (χ1v) is 4.31. The molecule has 14 heavy (non-hydrogen) atoms. The zero-order valence-electron chi connectivity index (χ0n) is 8.50. The summed E-state index contributed by atoms with van der Waals surface area (Å²) in [6, 6.07) is 0. The normalized spacial score (nSPS) is 12.1. The molecular formula is C10H15N3O. The Morgan fingerprint density at radius 3 is 2.64 bits per heavy atom. The van der Waals surface area contributed by atoms with Crippen LogP contribution in [0.4, 0.5) is 0 Å². The number of carbonyl (C=O) groups excluding carboxylic acids is 1. The third-order valence-corrected chi connectivity index (χ3v) is 1.57. The molecule has 4 nitrogen and oxygen atoms in total. The van der Waals surface area contributed by atoms with E-state index in [1.165, 1.54) is 12.2 Å². The highest BCUT2D eigenvalue weighted by Gasteiger charge is 2.02. The van der Waals surface area contributed by atoms with E-state index in [9.17, 15) is 4.79 Å². The van der Waals surface area contributed by atoms with Gasteiger partial charge in [-0.3, -0.25) is 4.79 Å². The molecule has 0 aliphatic carbocycles. The van der Waals surface area contributed by atoms with E-state index in [1.807, 2.05) is 6.92 Å². The van der Waals surface area contributed by atoms with E-state index in [0.717, 1.165) is 0 Å². The predicted molar refractivity (Wildman–Crippen MR) is 58.9 cm³/mol. The quantitative estimate of drug-likeness (QED) is 0.219. The van der Waals surface area contributed by atoms with Crippen molar-refractivity contribution in [2.45, 2.75) is 13.3 Å². The summed E-state index contributed by atoms with van der Waals surface area (Å²) in [4.78, 5) is 10.5. The topological polar surface area (TPSA) is 65.3 Å². The summed E-state index contributed by atoms with van der Waals surface area (Å²) < 4.78 is 0. The van der Waals surface area contributed by atoms with E-state index in [1.54, 1.807) is 7.05 Å². The Balaban J connectivity index is 4.94. The van der Waals surface area contributed by atoms with Gasteiger partial charge in [0.1, 0.15) is 12.0 Å². The van der Waals surface area contributed by atoms with Crippen molar-refractivity contribution in [1.29, 1.82) is 5.41 Å². The summed E-state index contributed by atoms with van der Waals surface area (Å²) in [5, 5.41) is 11.5. The Morgan fingerprint density at radius 2 is 2.29 bits per heavy atom. The Labute approximate surface area is 83.9 Å². The molecule has 0 aliphatic heterocycles. The Hall–Kier alpha value is -1.71. The highest BCUT2D eigenvalue weighted by molar-refractivity contribution is 6.45. The average molecular weight is 193 g/mol. The fourth-order valence-electron chi connectivity index (χ4n) is 0.787. The zero-order valence-corrected chi connectivity index (χ0v) is 8.50. The van der Waals surface area contributed by atoms with Gasteiger partial charge in [0.2, 0.25) is 0 Å². The number of carbonyl (C=O) groups is 1. The molecule has 0 radical (unpaired) electrons. The third-order valence-electron chi connectivity index (χ3n) is 1.57. The van der Waals surface area contributed by atoms with Gasteiger partial charge in [0.05, 0.1) is 5.71 Å². The van der Waals surface area contributed by atoms with Gasteiger partial charge in [-0.15, -0.1) is 0 Å². The number of rotatable bonds is 6. The minimum atomic E-state index is 0.376. The molecule has 0 aromatic rings. The van der Waals surface area contributed by atoms with Crippen molar-refractivity contribution in [2.75, 3.05) is 7.05 Å². The van der Waals surface area contributed by atoms with E-state index in [2.05, 4.69) is 17.1 Å². The maximum atomic E-state index is 10.5. The molecule has 4 heteroatoms. The Bertz CT molecular complexity index is 280. The highest BCUT2D eigenvalue weighted by Crippen LogP contribution is 1.96. The van der Waals surface area contributed by atoms with E-state index < -0.39 is 0 Å². The van der Waals surface area contributed by atoms with Crippen LogP contribution < -0.4 is 5.43 Å². The van der Waals surface area contributed by atoms with Crippen molar-refractivity contribution >= 4 is 17.7 Å². The van der Waals surface area contributed by atoms with E-state index in [4.69, 9.17) is 5.41 Å². The molecule has 0 atom stereocenters. The lowest BCUT2D eigenvalue weighted by atomic mass is 10.1. The van der Waals surface area contributed by atoms with Gasteiger partial charge < -0.3 is 10.8 Å². The Morgan fingerprint density at radius 1 is 1.64 bits per heavy atom. The van der Waals surface area contributed by atoms with Crippen LogP contribution >= 0.6 is 0 Å². The van der Waals surface area contributed by atoms with Crippen LogP contribution in [0.3, 0.4) is 0 Å². The highest BCUT2D eigenvalue weighted by atomic mass is 16.1. The SMILES string of the molecule is C=C/C(C=O)=C\C(=N\NC)C(=N)CC. The van der Waals surface area contributed by atoms with Crippen molar-refractivity contribution in [1.82, 2.24) is 5.43 Å². The molecule has 0 aromatic carbocycles. The van der Waals surface area contributed by atoms with Crippen molar-refractivity contribution in [3.05, 3.63) is 24.3 Å². The molecule has 0 fully saturated rings. The van der Waals surface area contributed by atoms with Crippen LogP contribution in [0.1, 0.15) is 13.3 Å². The molecule has 0 saturated heterocycles. The van der Waals surface area contributed by atoms with Gasteiger partial charge in [-0.05, 0) is 12.5 Å². The van der Waals surface area contributed by atoms with Crippen LogP contribution in [0.15, 0.2) is 29.4 Å². The van der Waals surface area contributed by atoms with E-state index in [0.29, 0.717) is 29.7 Å².